The van der Waals surface area contributed by atoms with E-state index in [1.54, 1.807) is 6.20 Å². The number of unbranched alkanes of at least 4 members (excludes halogenated alkanes) is 1. The van der Waals surface area contributed by atoms with Gasteiger partial charge in [0.25, 0.3) is 0 Å². The summed E-state index contributed by atoms with van der Waals surface area (Å²) in [5, 5.41) is 18.8. The summed E-state index contributed by atoms with van der Waals surface area (Å²) >= 11 is 0. The van der Waals surface area contributed by atoms with Crippen LogP contribution in [0.5, 0.6) is 0 Å². The molecule has 0 radical (unpaired) electrons. The molecule has 0 saturated heterocycles. The Morgan fingerprint density at radius 2 is 1.42 bits per heavy atom. The lowest BCUT2D eigenvalue weighted by atomic mass is 10.00. The van der Waals surface area contributed by atoms with Crippen LogP contribution in [0.3, 0.4) is 0 Å². The van der Waals surface area contributed by atoms with Gasteiger partial charge in [-0.1, -0.05) is 62.4 Å². The molecule has 0 spiro atoms. The number of carboxylic acid groups (broad SMARTS) is 1. The minimum absolute atomic E-state index is 0.0928. The molecule has 43 heavy (non-hydrogen) atoms. The summed E-state index contributed by atoms with van der Waals surface area (Å²) in [6.07, 6.45) is 3.82. The van der Waals surface area contributed by atoms with Crippen LogP contribution < -0.4 is 27.4 Å². The van der Waals surface area contributed by atoms with E-state index in [1.165, 1.54) is 0 Å². The maximum atomic E-state index is 13.8. The molecule has 1 heterocycles. The van der Waals surface area contributed by atoms with Gasteiger partial charge in [0.2, 0.25) is 17.7 Å². The highest BCUT2D eigenvalue weighted by Gasteiger charge is 2.31. The smallest absolute Gasteiger partial charge is 0.326 e. The molecule has 3 aromatic rings. The maximum Gasteiger partial charge on any atom is 0.326 e. The van der Waals surface area contributed by atoms with Gasteiger partial charge < -0.3 is 37.5 Å². The minimum atomic E-state index is -1.17. The number of nitrogens with two attached hydrogens (primary N) is 2. The summed E-state index contributed by atoms with van der Waals surface area (Å²) in [6.45, 7) is 4.32. The monoisotopic (exact) mass is 592 g/mol. The zero-order chi connectivity index (χ0) is 31.4. The Labute approximate surface area is 252 Å². The fraction of sp³-hybridized carbons (Fsp3) is 0.438. The van der Waals surface area contributed by atoms with Crippen LogP contribution in [0.1, 0.15) is 50.7 Å². The van der Waals surface area contributed by atoms with E-state index in [2.05, 4.69) is 20.9 Å². The first kappa shape index (κ1) is 33.3. The Morgan fingerprint density at radius 1 is 0.814 bits per heavy atom. The number of para-hydroxylation sites is 1. The molecular weight excluding hydrogens is 548 g/mol. The predicted molar refractivity (Wildman–Crippen MR) is 166 cm³/mol. The highest BCUT2D eigenvalue weighted by molar-refractivity contribution is 5.95. The second-order valence-electron chi connectivity index (χ2n) is 11.3. The first-order valence-corrected chi connectivity index (χ1v) is 14.8. The van der Waals surface area contributed by atoms with Crippen LogP contribution in [-0.2, 0) is 32.0 Å². The lowest BCUT2D eigenvalue weighted by molar-refractivity contribution is -0.142. The van der Waals surface area contributed by atoms with Crippen molar-refractivity contribution < 1.29 is 24.3 Å². The van der Waals surface area contributed by atoms with Gasteiger partial charge in [0, 0.05) is 29.9 Å². The van der Waals surface area contributed by atoms with Crippen LogP contribution in [0.15, 0.2) is 60.8 Å². The zero-order valence-electron chi connectivity index (χ0n) is 24.8. The van der Waals surface area contributed by atoms with Crippen molar-refractivity contribution in [3.63, 3.8) is 0 Å². The summed E-state index contributed by atoms with van der Waals surface area (Å²) in [7, 11) is 0. The van der Waals surface area contributed by atoms with Crippen molar-refractivity contribution in [3.8, 4) is 0 Å². The number of fused-ring (bicyclic) bond motifs is 1. The minimum Gasteiger partial charge on any atom is -0.480 e. The third kappa shape index (κ3) is 10.2. The Morgan fingerprint density at radius 3 is 2.07 bits per heavy atom. The second kappa shape index (κ2) is 16.4. The lowest BCUT2D eigenvalue weighted by Crippen LogP contribution is -2.58. The van der Waals surface area contributed by atoms with Crippen molar-refractivity contribution in [2.24, 2.45) is 17.4 Å². The molecule has 0 aliphatic rings. The zero-order valence-corrected chi connectivity index (χ0v) is 24.8. The molecule has 0 bridgehead atoms. The SMILES string of the molecule is CC(C)CC(N)C(=O)NC(Cc1ccccc1)C(=O)NC(Cc1c[nH]c2ccccc12)C(=O)NC(CCCCN)C(=O)O. The molecule has 0 aliphatic heterocycles. The quantitative estimate of drug-likeness (QED) is 0.117. The van der Waals surface area contributed by atoms with Gasteiger partial charge in [-0.3, -0.25) is 14.4 Å². The highest BCUT2D eigenvalue weighted by Crippen LogP contribution is 2.19. The number of benzene rings is 2. The lowest BCUT2D eigenvalue weighted by Gasteiger charge is -2.25. The number of hydrogen-bond acceptors (Lipinski definition) is 6. The van der Waals surface area contributed by atoms with Gasteiger partial charge in [0.15, 0.2) is 0 Å². The predicted octanol–water partition coefficient (Wildman–Crippen LogP) is 1.99. The molecule has 11 nitrogen and oxygen atoms in total. The van der Waals surface area contributed by atoms with Crippen LogP contribution >= 0.6 is 0 Å². The maximum absolute atomic E-state index is 13.8. The Kier molecular flexibility index (Phi) is 12.7. The molecule has 4 unspecified atom stereocenters. The van der Waals surface area contributed by atoms with E-state index in [9.17, 15) is 24.3 Å². The summed E-state index contributed by atoms with van der Waals surface area (Å²) < 4.78 is 0. The number of carboxylic acids is 1. The number of H-pyrrole nitrogens is 1. The van der Waals surface area contributed by atoms with Gasteiger partial charge in [-0.15, -0.1) is 0 Å². The molecule has 0 aliphatic carbocycles. The summed E-state index contributed by atoms with van der Waals surface area (Å²) in [4.78, 5) is 55.5. The number of rotatable bonds is 17. The fourth-order valence-corrected chi connectivity index (χ4v) is 4.98. The number of nitrogens with one attached hydrogen (secondary N) is 4. The standard InChI is InChI=1S/C32H44N6O5/c1-20(2)16-24(34)29(39)37-27(17-21-10-4-3-5-11-21)30(40)38-28(18-22-19-35-25-13-7-6-12-23(22)25)31(41)36-26(32(42)43)14-8-9-15-33/h3-7,10-13,19-20,24,26-28,35H,8-9,14-18,33-34H2,1-2H3,(H,36,41)(H,37,39)(H,38,40)(H,42,43). The van der Waals surface area contributed by atoms with Crippen LogP contribution in [0, 0.1) is 5.92 Å². The van der Waals surface area contributed by atoms with Gasteiger partial charge in [-0.2, -0.15) is 0 Å². The third-order valence-electron chi connectivity index (χ3n) is 7.27. The third-order valence-corrected chi connectivity index (χ3v) is 7.27. The first-order valence-electron chi connectivity index (χ1n) is 14.8. The van der Waals surface area contributed by atoms with E-state index in [4.69, 9.17) is 11.5 Å². The number of aliphatic carboxylic acids is 1. The van der Waals surface area contributed by atoms with Crippen LogP contribution in [0.4, 0.5) is 0 Å². The Bertz CT molecular complexity index is 1360. The van der Waals surface area contributed by atoms with E-state index in [0.29, 0.717) is 25.8 Å². The highest BCUT2D eigenvalue weighted by atomic mass is 16.4. The van der Waals surface area contributed by atoms with E-state index in [0.717, 1.165) is 22.0 Å². The van der Waals surface area contributed by atoms with E-state index >= 15 is 0 Å². The fourth-order valence-electron chi connectivity index (χ4n) is 4.98. The number of amides is 3. The van der Waals surface area contributed by atoms with Gasteiger partial charge >= 0.3 is 5.97 Å². The second-order valence-corrected chi connectivity index (χ2v) is 11.3. The summed E-state index contributed by atoms with van der Waals surface area (Å²) in [5.74, 6) is -2.67. The molecule has 0 fully saturated rings. The van der Waals surface area contributed by atoms with Gasteiger partial charge in [0.1, 0.15) is 18.1 Å². The summed E-state index contributed by atoms with van der Waals surface area (Å²) in [5.41, 5.74) is 14.1. The van der Waals surface area contributed by atoms with E-state index < -0.39 is 47.9 Å². The van der Waals surface area contributed by atoms with Crippen LogP contribution in [0.2, 0.25) is 0 Å². The van der Waals surface area contributed by atoms with Crippen LogP contribution in [0.25, 0.3) is 10.9 Å². The number of carbonyl (C=O) groups is 4. The van der Waals surface area contributed by atoms with E-state index in [-0.39, 0.29) is 25.2 Å². The molecule has 9 N–H and O–H groups in total. The van der Waals surface area contributed by atoms with Gasteiger partial charge in [0.05, 0.1) is 6.04 Å². The molecule has 3 rings (SSSR count). The van der Waals surface area contributed by atoms with Crippen molar-refractivity contribution in [2.75, 3.05) is 6.54 Å². The van der Waals surface area contributed by atoms with Gasteiger partial charge in [-0.25, -0.2) is 4.79 Å². The number of carbonyl (C=O) groups excluding carboxylic acids is 3. The van der Waals surface area contributed by atoms with Gasteiger partial charge in [-0.05, 0) is 55.3 Å². The largest absolute Gasteiger partial charge is 0.480 e. The molecule has 11 heteroatoms. The van der Waals surface area contributed by atoms with Crippen molar-refractivity contribution in [3.05, 3.63) is 71.9 Å². The first-order chi connectivity index (χ1) is 20.6. The molecule has 3 amide bonds. The molecular formula is C32H44N6O5. The van der Waals surface area contributed by atoms with E-state index in [1.807, 2.05) is 68.4 Å². The van der Waals surface area contributed by atoms with Crippen molar-refractivity contribution in [1.82, 2.24) is 20.9 Å². The van der Waals surface area contributed by atoms with Crippen molar-refractivity contribution >= 4 is 34.6 Å². The summed E-state index contributed by atoms with van der Waals surface area (Å²) in [6, 6.07) is 12.7. The van der Waals surface area contributed by atoms with Crippen molar-refractivity contribution in [2.45, 2.75) is 76.5 Å². The topological polar surface area (TPSA) is 192 Å². The Balaban J connectivity index is 1.88. The average molecular weight is 593 g/mol. The molecule has 2 aromatic carbocycles. The molecule has 1 aromatic heterocycles. The van der Waals surface area contributed by atoms with Crippen molar-refractivity contribution in [1.29, 1.82) is 0 Å². The average Bonchev–Trinajstić information content (AvgIpc) is 3.38. The molecule has 4 atom stereocenters. The number of aromatic amines is 1. The molecule has 0 saturated carbocycles. The normalized spacial score (nSPS) is 14.1. The Hall–Kier alpha value is -4.22. The van der Waals surface area contributed by atoms with Crippen LogP contribution in [-0.4, -0.2) is 64.5 Å². The number of hydrogen-bond donors (Lipinski definition) is 7. The molecule has 232 valence electrons. The number of aromatic nitrogens is 1.